The fraction of sp³-hybridized carbons (Fsp3) is 0.667. The number of nitrogens with zero attached hydrogens (tertiary/aromatic N) is 1. The molecule has 0 fully saturated rings. The van der Waals surface area contributed by atoms with E-state index < -0.39 is 6.09 Å². The lowest BCUT2D eigenvalue weighted by atomic mass is 10.8. The SMILES string of the molecule is CCOC(=O)NC(=S)N(C)C. The molecule has 4 nitrogen and oxygen atoms in total. The second kappa shape index (κ2) is 4.90. The van der Waals surface area contributed by atoms with Gasteiger partial charge in [-0.3, -0.25) is 5.32 Å². The summed E-state index contributed by atoms with van der Waals surface area (Å²) in [4.78, 5) is 12.3. The molecule has 0 saturated carbocycles. The van der Waals surface area contributed by atoms with Crippen LogP contribution in [-0.2, 0) is 4.74 Å². The molecule has 0 aliphatic heterocycles. The van der Waals surface area contributed by atoms with E-state index >= 15 is 0 Å². The number of amides is 1. The molecule has 0 radical (unpaired) electrons. The molecule has 1 amide bonds. The summed E-state index contributed by atoms with van der Waals surface area (Å²) in [5, 5.41) is 2.73. The summed E-state index contributed by atoms with van der Waals surface area (Å²) in [6.07, 6.45) is -0.508. The Balaban J connectivity index is 3.67. The maximum absolute atomic E-state index is 10.7. The number of carbonyl (C=O) groups excluding carboxylic acids is 1. The van der Waals surface area contributed by atoms with Crippen LogP contribution in [0.5, 0.6) is 0 Å². The Hall–Kier alpha value is -0.840. The second-order valence-electron chi connectivity index (χ2n) is 2.05. The fourth-order valence-corrected chi connectivity index (χ4v) is 0.450. The van der Waals surface area contributed by atoms with Crippen molar-refractivity contribution >= 4 is 23.4 Å². The number of carbonyl (C=O) groups is 1. The molecule has 64 valence electrons. The van der Waals surface area contributed by atoms with Gasteiger partial charge in [0.2, 0.25) is 0 Å². The molecule has 11 heavy (non-hydrogen) atoms. The first kappa shape index (κ1) is 10.2. The van der Waals surface area contributed by atoms with Crippen LogP contribution in [0, 0.1) is 0 Å². The first-order chi connectivity index (χ1) is 5.07. The van der Waals surface area contributed by atoms with Gasteiger partial charge in [-0.05, 0) is 19.1 Å². The Morgan fingerprint density at radius 2 is 2.18 bits per heavy atom. The zero-order valence-corrected chi connectivity index (χ0v) is 7.70. The summed E-state index contributed by atoms with van der Waals surface area (Å²) in [6, 6.07) is 0. The van der Waals surface area contributed by atoms with E-state index in [9.17, 15) is 4.79 Å². The van der Waals surface area contributed by atoms with Crippen molar-refractivity contribution in [1.82, 2.24) is 10.2 Å². The van der Waals surface area contributed by atoms with Crippen molar-refractivity contribution in [2.75, 3.05) is 20.7 Å². The number of nitrogens with one attached hydrogen (secondary N) is 1. The van der Waals surface area contributed by atoms with Gasteiger partial charge < -0.3 is 9.64 Å². The highest BCUT2D eigenvalue weighted by Gasteiger charge is 2.04. The standard InChI is InChI=1S/C6H12N2O2S/c1-4-10-6(9)7-5(11)8(2)3/h4H2,1-3H3,(H,7,9,11). The number of alkyl carbamates (subject to hydrolysis) is 1. The number of ether oxygens (including phenoxy) is 1. The second-order valence-corrected chi connectivity index (χ2v) is 2.43. The molecule has 5 heteroatoms. The van der Waals surface area contributed by atoms with E-state index in [2.05, 4.69) is 10.1 Å². The first-order valence-electron chi connectivity index (χ1n) is 3.23. The smallest absolute Gasteiger partial charge is 0.413 e. The molecule has 0 aromatic carbocycles. The molecule has 0 spiro atoms. The summed E-state index contributed by atoms with van der Waals surface area (Å²) >= 11 is 4.78. The summed E-state index contributed by atoms with van der Waals surface area (Å²) in [6.45, 7) is 2.08. The molecule has 0 heterocycles. The van der Waals surface area contributed by atoms with Gasteiger partial charge in [-0.1, -0.05) is 0 Å². The van der Waals surface area contributed by atoms with E-state index in [1.807, 2.05) is 0 Å². The van der Waals surface area contributed by atoms with Gasteiger partial charge in [-0.2, -0.15) is 0 Å². The molecule has 0 unspecified atom stereocenters. The molecule has 0 aliphatic carbocycles. The van der Waals surface area contributed by atoms with Crippen molar-refractivity contribution in [3.8, 4) is 0 Å². The fourth-order valence-electron chi connectivity index (χ4n) is 0.366. The van der Waals surface area contributed by atoms with Crippen LogP contribution in [0.25, 0.3) is 0 Å². The molecular formula is C6H12N2O2S. The number of hydrogen-bond donors (Lipinski definition) is 1. The normalized spacial score (nSPS) is 8.64. The van der Waals surface area contributed by atoms with Gasteiger partial charge in [0, 0.05) is 14.1 Å². The largest absolute Gasteiger partial charge is 0.450 e. The molecular weight excluding hydrogens is 164 g/mol. The van der Waals surface area contributed by atoms with Gasteiger partial charge in [0.25, 0.3) is 0 Å². The Bertz CT molecular complexity index is 159. The molecule has 0 aromatic rings. The molecule has 1 N–H and O–H groups in total. The van der Waals surface area contributed by atoms with Gasteiger partial charge in [-0.25, -0.2) is 4.79 Å². The average Bonchev–Trinajstić information content (AvgIpc) is 1.87. The monoisotopic (exact) mass is 176 g/mol. The molecule has 0 rings (SSSR count). The lowest BCUT2D eigenvalue weighted by molar-refractivity contribution is 0.157. The lowest BCUT2D eigenvalue weighted by Gasteiger charge is -2.13. The van der Waals surface area contributed by atoms with Gasteiger partial charge in [-0.15, -0.1) is 0 Å². The van der Waals surface area contributed by atoms with Crippen molar-refractivity contribution in [2.45, 2.75) is 6.92 Å². The molecule has 0 saturated heterocycles. The highest BCUT2D eigenvalue weighted by atomic mass is 32.1. The first-order valence-corrected chi connectivity index (χ1v) is 3.63. The maximum atomic E-state index is 10.7. The Morgan fingerprint density at radius 1 is 1.64 bits per heavy atom. The molecule has 0 atom stereocenters. The minimum Gasteiger partial charge on any atom is -0.450 e. The number of rotatable bonds is 1. The summed E-state index contributed by atoms with van der Waals surface area (Å²) < 4.78 is 4.60. The van der Waals surface area contributed by atoms with Crippen LogP contribution in [0.1, 0.15) is 6.92 Å². The predicted molar refractivity (Wildman–Crippen MR) is 46.4 cm³/mol. The van der Waals surface area contributed by atoms with Crippen LogP contribution in [0.4, 0.5) is 4.79 Å². The van der Waals surface area contributed by atoms with Gasteiger partial charge >= 0.3 is 6.09 Å². The number of hydrogen-bond acceptors (Lipinski definition) is 3. The van der Waals surface area contributed by atoms with Gasteiger partial charge in [0.1, 0.15) is 0 Å². The van der Waals surface area contributed by atoms with E-state index in [0.717, 1.165) is 0 Å². The van der Waals surface area contributed by atoms with E-state index in [4.69, 9.17) is 12.2 Å². The van der Waals surface area contributed by atoms with Crippen molar-refractivity contribution in [2.24, 2.45) is 0 Å². The molecule has 0 bridgehead atoms. The van der Waals surface area contributed by atoms with E-state index in [1.54, 1.807) is 25.9 Å². The minimum atomic E-state index is -0.508. The third-order valence-corrected chi connectivity index (χ3v) is 1.36. The zero-order valence-electron chi connectivity index (χ0n) is 6.88. The summed E-state index contributed by atoms with van der Waals surface area (Å²) in [7, 11) is 3.49. The summed E-state index contributed by atoms with van der Waals surface area (Å²) in [5.74, 6) is 0. The van der Waals surface area contributed by atoms with E-state index in [1.165, 1.54) is 0 Å². The van der Waals surface area contributed by atoms with Crippen LogP contribution in [0.2, 0.25) is 0 Å². The van der Waals surface area contributed by atoms with Crippen LogP contribution in [-0.4, -0.2) is 36.8 Å². The van der Waals surface area contributed by atoms with Crippen LogP contribution < -0.4 is 5.32 Å². The zero-order chi connectivity index (χ0) is 8.85. The topological polar surface area (TPSA) is 41.6 Å². The third kappa shape index (κ3) is 4.55. The van der Waals surface area contributed by atoms with E-state index in [0.29, 0.717) is 11.7 Å². The maximum Gasteiger partial charge on any atom is 0.413 e. The Morgan fingerprint density at radius 3 is 2.55 bits per heavy atom. The van der Waals surface area contributed by atoms with Crippen molar-refractivity contribution in [3.63, 3.8) is 0 Å². The van der Waals surface area contributed by atoms with Gasteiger partial charge in [0.05, 0.1) is 6.61 Å². The van der Waals surface area contributed by atoms with Crippen LogP contribution >= 0.6 is 12.2 Å². The third-order valence-electron chi connectivity index (χ3n) is 0.891. The molecule has 0 aliphatic rings. The van der Waals surface area contributed by atoms with Crippen molar-refractivity contribution in [1.29, 1.82) is 0 Å². The highest BCUT2D eigenvalue weighted by molar-refractivity contribution is 7.80. The predicted octanol–water partition coefficient (Wildman–Crippen LogP) is 0.579. The Kier molecular flexibility index (Phi) is 4.52. The molecule has 0 aromatic heterocycles. The Labute approximate surface area is 71.5 Å². The lowest BCUT2D eigenvalue weighted by Crippen LogP contribution is -2.38. The van der Waals surface area contributed by atoms with Gasteiger partial charge in [0.15, 0.2) is 5.11 Å². The van der Waals surface area contributed by atoms with Crippen LogP contribution in [0.15, 0.2) is 0 Å². The summed E-state index contributed by atoms with van der Waals surface area (Å²) in [5.41, 5.74) is 0. The van der Waals surface area contributed by atoms with Crippen molar-refractivity contribution in [3.05, 3.63) is 0 Å². The minimum absolute atomic E-state index is 0.349. The van der Waals surface area contributed by atoms with Crippen molar-refractivity contribution < 1.29 is 9.53 Å². The number of thiocarbonyl (C=S) groups is 1. The van der Waals surface area contributed by atoms with E-state index in [-0.39, 0.29) is 0 Å². The van der Waals surface area contributed by atoms with Crippen LogP contribution in [0.3, 0.4) is 0 Å². The average molecular weight is 176 g/mol. The quantitative estimate of drug-likeness (QED) is 0.593. The highest BCUT2D eigenvalue weighted by Crippen LogP contribution is 1.81.